The van der Waals surface area contributed by atoms with Gasteiger partial charge in [0.2, 0.25) is 0 Å². The number of hydrogen-bond acceptors (Lipinski definition) is 3. The molecule has 0 unspecified atom stereocenters. The lowest BCUT2D eigenvalue weighted by Gasteiger charge is -2.19. The molecular weight excluding hydrogens is 312 g/mol. The molecule has 1 aromatic heterocycles. The van der Waals surface area contributed by atoms with Crippen LogP contribution in [-0.2, 0) is 5.41 Å². The van der Waals surface area contributed by atoms with Crippen LogP contribution in [-0.4, -0.2) is 4.98 Å². The number of thiazole rings is 1. The molecule has 2 nitrogen and oxygen atoms in total. The molecule has 0 fully saturated rings. The Kier molecular flexibility index (Phi) is 4.46. The van der Waals surface area contributed by atoms with Gasteiger partial charge in [-0.05, 0) is 43.0 Å². The normalized spacial score (nSPS) is 11.5. The molecule has 24 heavy (non-hydrogen) atoms. The van der Waals surface area contributed by atoms with E-state index in [1.54, 1.807) is 11.3 Å². The Labute approximate surface area is 148 Å². The smallest absolute Gasteiger partial charge is 0.187 e. The first-order chi connectivity index (χ1) is 11.3. The molecule has 0 bridgehead atoms. The Morgan fingerprint density at radius 3 is 2.42 bits per heavy atom. The summed E-state index contributed by atoms with van der Waals surface area (Å²) in [5, 5.41) is 4.41. The fraction of sp³-hybridized carbons (Fsp3) is 0.286. The first-order valence-corrected chi connectivity index (χ1v) is 9.06. The van der Waals surface area contributed by atoms with E-state index in [0.29, 0.717) is 0 Å². The van der Waals surface area contributed by atoms with Gasteiger partial charge in [0.15, 0.2) is 5.13 Å². The fourth-order valence-corrected chi connectivity index (χ4v) is 3.55. The van der Waals surface area contributed by atoms with Crippen LogP contribution >= 0.6 is 11.3 Å². The second kappa shape index (κ2) is 6.40. The zero-order valence-electron chi connectivity index (χ0n) is 15.0. The minimum absolute atomic E-state index is 0.142. The van der Waals surface area contributed by atoms with Gasteiger partial charge in [-0.1, -0.05) is 56.7 Å². The number of rotatable bonds is 3. The highest BCUT2D eigenvalue weighted by Crippen LogP contribution is 2.33. The third-order valence-corrected chi connectivity index (χ3v) is 4.95. The second-order valence-corrected chi connectivity index (χ2v) is 8.45. The predicted octanol–water partition coefficient (Wildman–Crippen LogP) is 6.47. The molecule has 0 radical (unpaired) electrons. The molecule has 3 rings (SSSR count). The van der Waals surface area contributed by atoms with Crippen LogP contribution in [0.25, 0.3) is 11.3 Å². The quantitative estimate of drug-likeness (QED) is 0.593. The molecule has 0 aliphatic carbocycles. The first-order valence-electron chi connectivity index (χ1n) is 8.25. The van der Waals surface area contributed by atoms with Gasteiger partial charge in [0, 0.05) is 16.1 Å². The van der Waals surface area contributed by atoms with E-state index < -0.39 is 0 Å². The van der Waals surface area contributed by atoms with Crippen LogP contribution in [0.15, 0.2) is 48.5 Å². The highest BCUT2D eigenvalue weighted by atomic mass is 32.1. The van der Waals surface area contributed by atoms with Crippen molar-refractivity contribution in [3.05, 3.63) is 64.5 Å². The molecular formula is C21H24N2S. The number of nitrogens with one attached hydrogen (secondary N) is 1. The third kappa shape index (κ3) is 3.68. The summed E-state index contributed by atoms with van der Waals surface area (Å²) < 4.78 is 0. The molecule has 3 aromatic rings. The molecule has 1 N–H and O–H groups in total. The second-order valence-electron chi connectivity index (χ2n) is 7.25. The number of aromatic nitrogens is 1. The fourth-order valence-electron chi connectivity index (χ4n) is 2.70. The van der Waals surface area contributed by atoms with E-state index in [9.17, 15) is 0 Å². The third-order valence-electron chi connectivity index (χ3n) is 4.07. The van der Waals surface area contributed by atoms with Gasteiger partial charge in [0.1, 0.15) is 0 Å². The number of nitrogens with zero attached hydrogens (tertiary/aromatic N) is 1. The van der Waals surface area contributed by atoms with Crippen molar-refractivity contribution in [1.82, 2.24) is 4.98 Å². The summed E-state index contributed by atoms with van der Waals surface area (Å²) >= 11 is 1.70. The van der Waals surface area contributed by atoms with E-state index >= 15 is 0 Å². The molecule has 2 aromatic carbocycles. The average Bonchev–Trinajstić information content (AvgIpc) is 2.87. The molecule has 1 heterocycles. The molecule has 124 valence electrons. The van der Waals surface area contributed by atoms with Gasteiger partial charge >= 0.3 is 0 Å². The Morgan fingerprint density at radius 1 is 0.958 bits per heavy atom. The molecule has 0 atom stereocenters. The lowest BCUT2D eigenvalue weighted by Crippen LogP contribution is -2.10. The molecule has 0 spiro atoms. The maximum Gasteiger partial charge on any atom is 0.187 e. The van der Waals surface area contributed by atoms with Crippen molar-refractivity contribution in [2.24, 2.45) is 0 Å². The Morgan fingerprint density at radius 2 is 1.71 bits per heavy atom. The van der Waals surface area contributed by atoms with Crippen molar-refractivity contribution in [3.8, 4) is 11.3 Å². The number of benzene rings is 2. The van der Waals surface area contributed by atoms with Crippen LogP contribution in [0.1, 0.15) is 36.8 Å². The highest BCUT2D eigenvalue weighted by molar-refractivity contribution is 7.16. The van der Waals surface area contributed by atoms with Gasteiger partial charge in [0.05, 0.1) is 5.69 Å². The summed E-state index contributed by atoms with van der Waals surface area (Å²) in [6, 6.07) is 17.1. The molecule has 0 aliphatic heterocycles. The maximum atomic E-state index is 4.82. The summed E-state index contributed by atoms with van der Waals surface area (Å²) in [6.07, 6.45) is 0. The van der Waals surface area contributed by atoms with Crippen LogP contribution in [0.2, 0.25) is 0 Å². The Bertz CT molecular complexity index is 856. The van der Waals surface area contributed by atoms with Crippen molar-refractivity contribution in [3.63, 3.8) is 0 Å². The van der Waals surface area contributed by atoms with Crippen LogP contribution < -0.4 is 5.32 Å². The van der Waals surface area contributed by atoms with Crippen molar-refractivity contribution in [2.45, 2.75) is 40.0 Å². The predicted molar refractivity (Wildman–Crippen MR) is 105 cm³/mol. The monoisotopic (exact) mass is 336 g/mol. The van der Waals surface area contributed by atoms with Crippen LogP contribution in [0.4, 0.5) is 10.8 Å². The lowest BCUT2D eigenvalue weighted by atomic mass is 9.87. The van der Waals surface area contributed by atoms with E-state index in [1.165, 1.54) is 21.6 Å². The van der Waals surface area contributed by atoms with Gasteiger partial charge in [-0.25, -0.2) is 4.98 Å². The molecule has 3 heteroatoms. The van der Waals surface area contributed by atoms with E-state index in [-0.39, 0.29) is 5.41 Å². The zero-order valence-corrected chi connectivity index (χ0v) is 15.8. The first kappa shape index (κ1) is 16.7. The minimum atomic E-state index is 0.142. The van der Waals surface area contributed by atoms with E-state index in [1.807, 2.05) is 0 Å². The van der Waals surface area contributed by atoms with Gasteiger partial charge in [0.25, 0.3) is 0 Å². The molecule has 0 amide bonds. The SMILES string of the molecule is Cc1cccc(-c2nc(Nc3cccc(C(C)(C)C)c3)sc2C)c1. The maximum absolute atomic E-state index is 4.82. The number of anilines is 2. The molecule has 0 saturated heterocycles. The van der Waals surface area contributed by atoms with Gasteiger partial charge < -0.3 is 5.32 Å². The van der Waals surface area contributed by atoms with E-state index in [2.05, 4.69) is 88.5 Å². The zero-order chi connectivity index (χ0) is 17.3. The highest BCUT2D eigenvalue weighted by Gasteiger charge is 2.14. The van der Waals surface area contributed by atoms with Gasteiger partial charge in [-0.15, -0.1) is 11.3 Å². The summed E-state index contributed by atoms with van der Waals surface area (Å²) in [5.41, 5.74) is 6.06. The number of aryl methyl sites for hydroxylation is 2. The lowest BCUT2D eigenvalue weighted by molar-refractivity contribution is 0.590. The summed E-state index contributed by atoms with van der Waals surface area (Å²) in [4.78, 5) is 6.05. The van der Waals surface area contributed by atoms with E-state index in [0.717, 1.165) is 16.5 Å². The van der Waals surface area contributed by atoms with Crippen LogP contribution in [0.3, 0.4) is 0 Å². The van der Waals surface area contributed by atoms with Gasteiger partial charge in [-0.3, -0.25) is 0 Å². The largest absolute Gasteiger partial charge is 0.332 e. The summed E-state index contributed by atoms with van der Waals surface area (Å²) in [5.74, 6) is 0. The standard InChI is InChI=1S/C21H24N2S/c1-14-8-6-9-16(12-14)19-15(2)24-20(23-19)22-18-11-7-10-17(13-18)21(3,4)5/h6-13H,1-5H3,(H,22,23). The van der Waals surface area contributed by atoms with Crippen molar-refractivity contribution in [2.75, 3.05) is 5.32 Å². The van der Waals surface area contributed by atoms with Crippen LogP contribution in [0.5, 0.6) is 0 Å². The van der Waals surface area contributed by atoms with Crippen molar-refractivity contribution in [1.29, 1.82) is 0 Å². The average molecular weight is 337 g/mol. The van der Waals surface area contributed by atoms with E-state index in [4.69, 9.17) is 4.98 Å². The summed E-state index contributed by atoms with van der Waals surface area (Å²) in [6.45, 7) is 10.9. The molecule has 0 saturated carbocycles. The topological polar surface area (TPSA) is 24.9 Å². The molecule has 0 aliphatic rings. The van der Waals surface area contributed by atoms with Crippen LogP contribution in [0, 0.1) is 13.8 Å². The summed E-state index contributed by atoms with van der Waals surface area (Å²) in [7, 11) is 0. The Balaban J connectivity index is 1.89. The van der Waals surface area contributed by atoms with Gasteiger partial charge in [-0.2, -0.15) is 0 Å². The number of hydrogen-bond donors (Lipinski definition) is 1. The Hall–Kier alpha value is -2.13. The van der Waals surface area contributed by atoms with Crippen molar-refractivity contribution >= 4 is 22.2 Å². The minimum Gasteiger partial charge on any atom is -0.332 e. The van der Waals surface area contributed by atoms with Crippen molar-refractivity contribution < 1.29 is 0 Å².